The molecule has 0 N–H and O–H groups in total. The molecule has 2 aromatic rings. The molecular weight excluding hydrogens is 386 g/mol. The first-order chi connectivity index (χ1) is 13.0. The topological polar surface area (TPSA) is 85.5 Å². The van der Waals surface area contributed by atoms with E-state index in [2.05, 4.69) is 10.2 Å². The molecule has 3 rings (SSSR count). The molecule has 9 heteroatoms. The van der Waals surface area contributed by atoms with Crippen LogP contribution in [0.15, 0.2) is 38.8 Å². The zero-order valence-electron chi connectivity index (χ0n) is 15.6. The van der Waals surface area contributed by atoms with Crippen molar-refractivity contribution in [2.24, 2.45) is 0 Å². The number of aromatic nitrogens is 2. The predicted octanol–water partition coefficient (Wildman–Crippen LogP) is 3.43. The van der Waals surface area contributed by atoms with Crippen LogP contribution in [0.2, 0.25) is 0 Å². The van der Waals surface area contributed by atoms with Gasteiger partial charge in [0.15, 0.2) is 0 Å². The summed E-state index contributed by atoms with van der Waals surface area (Å²) in [7, 11) is -3.53. The molecule has 1 aliphatic heterocycles. The van der Waals surface area contributed by atoms with Crippen molar-refractivity contribution in [3.05, 3.63) is 24.3 Å². The summed E-state index contributed by atoms with van der Waals surface area (Å²) in [6.07, 6.45) is 3.59. The van der Waals surface area contributed by atoms with E-state index in [4.69, 9.17) is 9.15 Å². The van der Waals surface area contributed by atoms with Gasteiger partial charge in [-0.05, 0) is 37.5 Å². The predicted molar refractivity (Wildman–Crippen MR) is 104 cm³/mol. The standard InChI is InChI=1S/C18H25N3O4S2/c1-3-21(4-2)27(22,23)16-10-7-8-14(12-16)17-19-20-18(25-17)26-13-15-9-5-6-11-24-15/h7-8,10,12,15H,3-6,9,11,13H2,1-2H3/t15-/m0/s1. The maximum absolute atomic E-state index is 12.7. The van der Waals surface area contributed by atoms with Crippen LogP contribution in [0.3, 0.4) is 0 Å². The maximum Gasteiger partial charge on any atom is 0.276 e. The van der Waals surface area contributed by atoms with Crippen LogP contribution in [0.4, 0.5) is 0 Å². The number of benzene rings is 1. The molecule has 0 saturated carbocycles. The van der Waals surface area contributed by atoms with E-state index in [-0.39, 0.29) is 11.0 Å². The first kappa shape index (κ1) is 20.3. The first-order valence-corrected chi connectivity index (χ1v) is 11.7. The second-order valence-corrected chi connectivity index (χ2v) is 9.20. The lowest BCUT2D eigenvalue weighted by atomic mass is 10.1. The van der Waals surface area contributed by atoms with Crippen molar-refractivity contribution in [3.63, 3.8) is 0 Å². The fourth-order valence-corrected chi connectivity index (χ4v) is 5.32. The molecule has 0 radical (unpaired) electrons. The van der Waals surface area contributed by atoms with Crippen LogP contribution in [0.1, 0.15) is 33.1 Å². The second kappa shape index (κ2) is 9.18. The van der Waals surface area contributed by atoms with Gasteiger partial charge in [0, 0.05) is 31.0 Å². The summed E-state index contributed by atoms with van der Waals surface area (Å²) in [5.41, 5.74) is 0.594. The summed E-state index contributed by atoms with van der Waals surface area (Å²) in [6.45, 7) is 5.31. The number of hydrogen-bond donors (Lipinski definition) is 0. The van der Waals surface area contributed by atoms with Crippen LogP contribution in [0.25, 0.3) is 11.5 Å². The van der Waals surface area contributed by atoms with Gasteiger partial charge in [-0.25, -0.2) is 8.42 Å². The monoisotopic (exact) mass is 411 g/mol. The van der Waals surface area contributed by atoms with E-state index in [0.29, 0.717) is 29.8 Å². The minimum atomic E-state index is -3.53. The lowest BCUT2D eigenvalue weighted by Gasteiger charge is -2.21. The van der Waals surface area contributed by atoms with Crippen molar-refractivity contribution >= 4 is 21.8 Å². The molecule has 1 fully saturated rings. The molecule has 1 saturated heterocycles. The smallest absolute Gasteiger partial charge is 0.276 e. The van der Waals surface area contributed by atoms with Gasteiger partial charge in [-0.2, -0.15) is 4.31 Å². The molecule has 1 aliphatic rings. The summed E-state index contributed by atoms with van der Waals surface area (Å²) in [5.74, 6) is 1.09. The number of thioether (sulfide) groups is 1. The largest absolute Gasteiger partial charge is 0.411 e. The molecule has 0 spiro atoms. The van der Waals surface area contributed by atoms with Crippen LogP contribution >= 0.6 is 11.8 Å². The van der Waals surface area contributed by atoms with Gasteiger partial charge in [0.1, 0.15) is 0 Å². The highest BCUT2D eigenvalue weighted by Crippen LogP contribution is 2.27. The van der Waals surface area contributed by atoms with Crippen LogP contribution in [-0.4, -0.2) is 54.5 Å². The third-order valence-electron chi connectivity index (χ3n) is 4.50. The van der Waals surface area contributed by atoms with Gasteiger partial charge in [0.25, 0.3) is 5.22 Å². The first-order valence-electron chi connectivity index (χ1n) is 9.23. The highest BCUT2D eigenvalue weighted by atomic mass is 32.2. The Balaban J connectivity index is 1.73. The summed E-state index contributed by atoms with van der Waals surface area (Å²) < 4.78 is 38.3. The Hall–Kier alpha value is -1.42. The molecule has 0 amide bonds. The molecule has 1 aromatic heterocycles. The van der Waals surface area contributed by atoms with E-state index in [9.17, 15) is 8.42 Å². The van der Waals surface area contributed by atoms with Crippen molar-refractivity contribution in [1.29, 1.82) is 0 Å². The van der Waals surface area contributed by atoms with Crippen molar-refractivity contribution in [3.8, 4) is 11.5 Å². The number of ether oxygens (including phenoxy) is 1. The molecule has 7 nitrogen and oxygen atoms in total. The van der Waals surface area contributed by atoms with Gasteiger partial charge in [0.2, 0.25) is 15.9 Å². The lowest BCUT2D eigenvalue weighted by Crippen LogP contribution is -2.30. The average Bonchev–Trinajstić information content (AvgIpc) is 3.17. The van der Waals surface area contributed by atoms with Gasteiger partial charge in [0.05, 0.1) is 11.0 Å². The number of sulfonamides is 1. The lowest BCUT2D eigenvalue weighted by molar-refractivity contribution is 0.0314. The Bertz CT molecular complexity index is 844. The van der Waals surface area contributed by atoms with E-state index in [0.717, 1.165) is 25.2 Å². The Kier molecular flexibility index (Phi) is 6.91. The summed E-state index contributed by atoms with van der Waals surface area (Å²) >= 11 is 1.47. The molecule has 1 aromatic carbocycles. The van der Waals surface area contributed by atoms with E-state index in [1.54, 1.807) is 24.3 Å². The molecule has 0 bridgehead atoms. The second-order valence-electron chi connectivity index (χ2n) is 6.29. The number of hydrogen-bond acceptors (Lipinski definition) is 7. The summed E-state index contributed by atoms with van der Waals surface area (Å²) in [4.78, 5) is 0.228. The highest BCUT2D eigenvalue weighted by Gasteiger charge is 2.23. The summed E-state index contributed by atoms with van der Waals surface area (Å²) in [6, 6.07) is 6.63. The minimum Gasteiger partial charge on any atom is -0.411 e. The molecule has 2 heterocycles. The zero-order valence-corrected chi connectivity index (χ0v) is 17.3. The third-order valence-corrected chi connectivity index (χ3v) is 7.49. The third kappa shape index (κ3) is 4.90. The van der Waals surface area contributed by atoms with Crippen molar-refractivity contribution in [1.82, 2.24) is 14.5 Å². The molecule has 1 atom stereocenters. The Labute approximate surface area is 164 Å². The Morgan fingerprint density at radius 3 is 2.74 bits per heavy atom. The summed E-state index contributed by atoms with van der Waals surface area (Å²) in [5, 5.41) is 8.61. The van der Waals surface area contributed by atoms with E-state index < -0.39 is 10.0 Å². The van der Waals surface area contributed by atoms with Crippen LogP contribution < -0.4 is 0 Å². The van der Waals surface area contributed by atoms with Gasteiger partial charge < -0.3 is 9.15 Å². The molecule has 148 valence electrons. The number of rotatable bonds is 8. The van der Waals surface area contributed by atoms with E-state index >= 15 is 0 Å². The zero-order chi connectivity index (χ0) is 19.3. The van der Waals surface area contributed by atoms with Crippen LogP contribution in [0.5, 0.6) is 0 Å². The average molecular weight is 412 g/mol. The van der Waals surface area contributed by atoms with Crippen LogP contribution in [0, 0.1) is 0 Å². The Morgan fingerprint density at radius 1 is 1.22 bits per heavy atom. The fraction of sp³-hybridized carbons (Fsp3) is 0.556. The van der Waals surface area contributed by atoms with E-state index in [1.165, 1.54) is 22.5 Å². The van der Waals surface area contributed by atoms with Crippen molar-refractivity contribution < 1.29 is 17.6 Å². The van der Waals surface area contributed by atoms with Gasteiger partial charge in [-0.15, -0.1) is 10.2 Å². The maximum atomic E-state index is 12.7. The number of nitrogens with zero attached hydrogens (tertiary/aromatic N) is 3. The normalized spacial score (nSPS) is 18.1. The Morgan fingerprint density at radius 2 is 2.04 bits per heavy atom. The van der Waals surface area contributed by atoms with Crippen LogP contribution in [-0.2, 0) is 14.8 Å². The van der Waals surface area contributed by atoms with E-state index in [1.807, 2.05) is 13.8 Å². The quantitative estimate of drug-likeness (QED) is 0.615. The SMILES string of the molecule is CCN(CC)S(=O)(=O)c1cccc(-c2nnc(SC[C@@H]3CCCCO3)o2)c1. The highest BCUT2D eigenvalue weighted by molar-refractivity contribution is 7.99. The molecular formula is C18H25N3O4S2. The molecule has 0 unspecified atom stereocenters. The van der Waals surface area contributed by atoms with Crippen molar-refractivity contribution in [2.45, 2.75) is 49.3 Å². The minimum absolute atomic E-state index is 0.224. The fourth-order valence-electron chi connectivity index (χ4n) is 2.99. The molecule has 27 heavy (non-hydrogen) atoms. The van der Waals surface area contributed by atoms with Crippen molar-refractivity contribution in [2.75, 3.05) is 25.4 Å². The van der Waals surface area contributed by atoms with Gasteiger partial charge in [-0.1, -0.05) is 31.7 Å². The molecule has 0 aliphatic carbocycles. The van der Waals surface area contributed by atoms with Gasteiger partial charge in [-0.3, -0.25) is 0 Å². The van der Waals surface area contributed by atoms with Gasteiger partial charge >= 0.3 is 0 Å².